The molecule has 3 aliphatic rings. The zero-order valence-corrected chi connectivity index (χ0v) is 8.86. The molecule has 0 aromatic carbocycles. The molecule has 4 atom stereocenters. The number of aliphatic hydroxyl groups is 1. The van der Waals surface area contributed by atoms with Crippen LogP contribution in [0.1, 0.15) is 32.1 Å². The van der Waals surface area contributed by atoms with Crippen LogP contribution in [0.5, 0.6) is 0 Å². The Morgan fingerprint density at radius 3 is 2.64 bits per heavy atom. The van der Waals surface area contributed by atoms with Crippen LogP contribution in [0.3, 0.4) is 0 Å². The molecule has 2 saturated carbocycles. The van der Waals surface area contributed by atoms with E-state index in [1.807, 2.05) is 0 Å². The molecule has 0 aromatic heterocycles. The molecule has 2 heteroatoms. The smallest absolute Gasteiger partial charge is 0.0471 e. The number of aliphatic hydroxyl groups excluding tert-OH is 1. The minimum atomic E-state index is 0.400. The van der Waals surface area contributed by atoms with Gasteiger partial charge in [0.1, 0.15) is 0 Å². The molecule has 0 spiro atoms. The van der Waals surface area contributed by atoms with Crippen LogP contribution in [0.25, 0.3) is 0 Å². The maximum atomic E-state index is 9.13. The van der Waals surface area contributed by atoms with E-state index < -0.39 is 0 Å². The van der Waals surface area contributed by atoms with E-state index in [1.165, 1.54) is 45.2 Å². The van der Waals surface area contributed by atoms with E-state index in [1.54, 1.807) is 0 Å². The Bertz CT molecular complexity index is 218. The lowest BCUT2D eigenvalue weighted by atomic mass is 9.94. The normalized spacial score (nSPS) is 47.8. The van der Waals surface area contributed by atoms with Crippen LogP contribution in [0, 0.1) is 17.8 Å². The lowest BCUT2D eigenvalue weighted by Gasteiger charge is -2.31. The van der Waals surface area contributed by atoms with Crippen LogP contribution < -0.4 is 0 Å². The van der Waals surface area contributed by atoms with Crippen molar-refractivity contribution in [2.75, 3.05) is 19.7 Å². The predicted octanol–water partition coefficient (Wildman–Crippen LogP) is 1.49. The molecule has 1 N–H and O–H groups in total. The highest BCUT2D eigenvalue weighted by Crippen LogP contribution is 2.47. The van der Waals surface area contributed by atoms with Crippen LogP contribution >= 0.6 is 0 Å². The molecule has 80 valence electrons. The summed E-state index contributed by atoms with van der Waals surface area (Å²) in [6.07, 6.45) is 7.17. The van der Waals surface area contributed by atoms with E-state index >= 15 is 0 Å². The summed E-state index contributed by atoms with van der Waals surface area (Å²) in [5.74, 6) is 2.64. The van der Waals surface area contributed by atoms with Crippen molar-refractivity contribution < 1.29 is 5.11 Å². The minimum absolute atomic E-state index is 0.400. The predicted molar refractivity (Wildman–Crippen MR) is 56.0 cm³/mol. The van der Waals surface area contributed by atoms with Gasteiger partial charge < -0.3 is 5.11 Å². The molecule has 2 bridgehead atoms. The van der Waals surface area contributed by atoms with Gasteiger partial charge in [0.25, 0.3) is 0 Å². The Kier molecular flexibility index (Phi) is 2.29. The first-order chi connectivity index (χ1) is 6.86. The highest BCUT2D eigenvalue weighted by Gasteiger charge is 2.43. The van der Waals surface area contributed by atoms with Crippen molar-refractivity contribution in [1.82, 2.24) is 4.90 Å². The Hall–Kier alpha value is -0.0800. The van der Waals surface area contributed by atoms with E-state index in [2.05, 4.69) is 4.90 Å². The molecule has 4 unspecified atom stereocenters. The Morgan fingerprint density at radius 2 is 2.07 bits per heavy atom. The van der Waals surface area contributed by atoms with Crippen LogP contribution in [-0.4, -0.2) is 35.7 Å². The van der Waals surface area contributed by atoms with Gasteiger partial charge in [-0.2, -0.15) is 0 Å². The van der Waals surface area contributed by atoms with Gasteiger partial charge in [-0.15, -0.1) is 0 Å². The van der Waals surface area contributed by atoms with Crippen LogP contribution in [0.4, 0.5) is 0 Å². The van der Waals surface area contributed by atoms with Gasteiger partial charge in [0.05, 0.1) is 0 Å². The van der Waals surface area contributed by atoms with Gasteiger partial charge in [-0.3, -0.25) is 4.90 Å². The zero-order valence-electron chi connectivity index (χ0n) is 8.86. The maximum Gasteiger partial charge on any atom is 0.0471 e. The van der Waals surface area contributed by atoms with Crippen molar-refractivity contribution in [3.05, 3.63) is 0 Å². The summed E-state index contributed by atoms with van der Waals surface area (Å²) in [7, 11) is 0. The number of rotatable bonds is 2. The van der Waals surface area contributed by atoms with E-state index in [-0.39, 0.29) is 0 Å². The lowest BCUT2D eigenvalue weighted by Crippen LogP contribution is -2.37. The van der Waals surface area contributed by atoms with Gasteiger partial charge in [0.15, 0.2) is 0 Å². The summed E-state index contributed by atoms with van der Waals surface area (Å²) in [6.45, 7) is 2.82. The number of nitrogens with zero attached hydrogens (tertiary/aromatic N) is 1. The van der Waals surface area contributed by atoms with Crippen molar-refractivity contribution in [1.29, 1.82) is 0 Å². The molecule has 0 amide bonds. The highest BCUT2D eigenvalue weighted by atomic mass is 16.3. The third-order valence-corrected chi connectivity index (χ3v) is 4.75. The SMILES string of the molecule is OCC1CCN(C2CC3CCC2C3)C1. The highest BCUT2D eigenvalue weighted by molar-refractivity contribution is 4.97. The van der Waals surface area contributed by atoms with Crippen molar-refractivity contribution in [3.63, 3.8) is 0 Å². The average Bonchev–Trinajstić information content (AvgIpc) is 2.93. The van der Waals surface area contributed by atoms with E-state index in [4.69, 9.17) is 5.11 Å². The van der Waals surface area contributed by atoms with Crippen LogP contribution in [-0.2, 0) is 0 Å². The van der Waals surface area contributed by atoms with Crippen molar-refractivity contribution in [2.45, 2.75) is 38.1 Å². The quantitative estimate of drug-likeness (QED) is 0.721. The number of fused-ring (bicyclic) bond motifs is 2. The molecule has 2 nitrogen and oxygen atoms in total. The number of hydrogen-bond donors (Lipinski definition) is 1. The molecular formula is C12H21NO. The van der Waals surface area contributed by atoms with E-state index in [9.17, 15) is 0 Å². The fraction of sp³-hybridized carbons (Fsp3) is 1.00. The molecule has 3 rings (SSSR count). The van der Waals surface area contributed by atoms with Crippen molar-refractivity contribution in [3.8, 4) is 0 Å². The maximum absolute atomic E-state index is 9.13. The standard InChI is InChI=1S/C12H21NO/c14-8-10-3-4-13(7-10)12-6-9-1-2-11(12)5-9/h9-12,14H,1-8H2. The van der Waals surface area contributed by atoms with Gasteiger partial charge in [-0.1, -0.05) is 6.42 Å². The van der Waals surface area contributed by atoms with Crippen molar-refractivity contribution in [2.24, 2.45) is 17.8 Å². The van der Waals surface area contributed by atoms with Gasteiger partial charge >= 0.3 is 0 Å². The van der Waals surface area contributed by atoms with E-state index in [0.717, 1.165) is 17.9 Å². The summed E-state index contributed by atoms with van der Waals surface area (Å²) >= 11 is 0. The topological polar surface area (TPSA) is 23.5 Å². The fourth-order valence-corrected chi connectivity index (χ4v) is 3.97. The van der Waals surface area contributed by atoms with E-state index in [0.29, 0.717) is 12.5 Å². The summed E-state index contributed by atoms with van der Waals surface area (Å²) in [5, 5.41) is 9.13. The second kappa shape index (κ2) is 3.49. The summed E-state index contributed by atoms with van der Waals surface area (Å²) in [4.78, 5) is 2.67. The molecule has 1 saturated heterocycles. The second-order valence-corrected chi connectivity index (χ2v) is 5.57. The molecule has 1 aliphatic heterocycles. The second-order valence-electron chi connectivity index (χ2n) is 5.57. The van der Waals surface area contributed by atoms with Crippen LogP contribution in [0.2, 0.25) is 0 Å². The van der Waals surface area contributed by atoms with Gasteiger partial charge in [-0.25, -0.2) is 0 Å². The lowest BCUT2D eigenvalue weighted by molar-refractivity contribution is 0.157. The largest absolute Gasteiger partial charge is 0.396 e. The molecule has 0 radical (unpaired) electrons. The Labute approximate surface area is 86.3 Å². The molecule has 3 fully saturated rings. The summed E-state index contributed by atoms with van der Waals surface area (Å²) in [6, 6.07) is 0.894. The third kappa shape index (κ3) is 1.40. The molecule has 0 aromatic rings. The first kappa shape index (κ1) is 9.17. The minimum Gasteiger partial charge on any atom is -0.396 e. The molecule has 14 heavy (non-hydrogen) atoms. The molecule has 1 heterocycles. The fourth-order valence-electron chi connectivity index (χ4n) is 3.97. The zero-order chi connectivity index (χ0) is 9.54. The van der Waals surface area contributed by atoms with Gasteiger partial charge in [0, 0.05) is 19.2 Å². The van der Waals surface area contributed by atoms with Crippen molar-refractivity contribution >= 4 is 0 Å². The summed E-state index contributed by atoms with van der Waals surface area (Å²) in [5.41, 5.74) is 0. The first-order valence-corrected chi connectivity index (χ1v) is 6.21. The monoisotopic (exact) mass is 195 g/mol. The average molecular weight is 195 g/mol. The Balaban J connectivity index is 1.62. The summed E-state index contributed by atoms with van der Waals surface area (Å²) < 4.78 is 0. The van der Waals surface area contributed by atoms with Crippen LogP contribution in [0.15, 0.2) is 0 Å². The van der Waals surface area contributed by atoms with Gasteiger partial charge in [-0.05, 0) is 50.0 Å². The number of likely N-dealkylation sites (tertiary alicyclic amines) is 1. The first-order valence-electron chi connectivity index (χ1n) is 6.21. The molecule has 2 aliphatic carbocycles. The molecular weight excluding hydrogens is 174 g/mol. The number of hydrogen-bond acceptors (Lipinski definition) is 2. The third-order valence-electron chi connectivity index (χ3n) is 4.75. The Morgan fingerprint density at radius 1 is 1.14 bits per heavy atom. The van der Waals surface area contributed by atoms with Gasteiger partial charge in [0.2, 0.25) is 0 Å².